The first-order chi connectivity index (χ1) is 14.4. The SMILES string of the molecule is Cc1ccc(NC(=S)NCCSc2ccccc2)cc1S(=O)(=O)Nc1ccccc1. The van der Waals surface area contributed by atoms with Crippen molar-refractivity contribution < 1.29 is 8.42 Å². The predicted octanol–water partition coefficient (Wildman–Crippen LogP) is 4.87. The molecule has 3 aromatic carbocycles. The summed E-state index contributed by atoms with van der Waals surface area (Å²) in [7, 11) is -3.71. The number of rotatable bonds is 8. The molecule has 0 amide bonds. The Balaban J connectivity index is 1.58. The average molecular weight is 458 g/mol. The molecule has 0 bridgehead atoms. The molecule has 0 fully saturated rings. The Morgan fingerprint density at radius 3 is 2.30 bits per heavy atom. The second-order valence-electron chi connectivity index (χ2n) is 6.49. The molecule has 0 heterocycles. The van der Waals surface area contributed by atoms with E-state index in [1.165, 1.54) is 4.90 Å². The zero-order valence-corrected chi connectivity index (χ0v) is 18.9. The molecule has 3 rings (SSSR count). The number of thiocarbonyl (C=S) groups is 1. The smallest absolute Gasteiger partial charge is 0.262 e. The molecule has 0 aliphatic carbocycles. The summed E-state index contributed by atoms with van der Waals surface area (Å²) in [5, 5.41) is 6.66. The molecule has 0 radical (unpaired) electrons. The highest BCUT2D eigenvalue weighted by molar-refractivity contribution is 7.99. The number of benzene rings is 3. The second-order valence-corrected chi connectivity index (χ2v) is 9.72. The summed E-state index contributed by atoms with van der Waals surface area (Å²) < 4.78 is 28.2. The number of anilines is 2. The molecule has 0 saturated carbocycles. The third kappa shape index (κ3) is 6.48. The minimum Gasteiger partial charge on any atom is -0.362 e. The standard InChI is InChI=1S/C22H23N3O2S3/c1-17-12-13-19(16-21(17)30(26,27)25-18-8-4-2-5-9-18)24-22(28)23-14-15-29-20-10-6-3-7-11-20/h2-13,16,25H,14-15H2,1H3,(H2,23,24,28). The Labute approximate surface area is 187 Å². The van der Waals surface area contributed by atoms with Crippen molar-refractivity contribution in [2.75, 3.05) is 22.3 Å². The maximum absolute atomic E-state index is 12.8. The van der Waals surface area contributed by atoms with Gasteiger partial charge in [-0.15, -0.1) is 11.8 Å². The molecule has 30 heavy (non-hydrogen) atoms. The van der Waals surface area contributed by atoms with Crippen molar-refractivity contribution in [3.63, 3.8) is 0 Å². The average Bonchev–Trinajstić information content (AvgIpc) is 2.74. The molecule has 3 N–H and O–H groups in total. The lowest BCUT2D eigenvalue weighted by atomic mass is 10.2. The zero-order valence-electron chi connectivity index (χ0n) is 16.5. The molecule has 0 atom stereocenters. The van der Waals surface area contributed by atoms with E-state index in [2.05, 4.69) is 27.5 Å². The quantitative estimate of drug-likeness (QED) is 0.255. The number of nitrogens with one attached hydrogen (secondary N) is 3. The fraction of sp³-hybridized carbons (Fsp3) is 0.136. The molecular weight excluding hydrogens is 434 g/mol. The van der Waals surface area contributed by atoms with Gasteiger partial charge in [0.2, 0.25) is 0 Å². The lowest BCUT2D eigenvalue weighted by molar-refractivity contribution is 0.600. The van der Waals surface area contributed by atoms with Crippen molar-refractivity contribution in [3.8, 4) is 0 Å². The summed E-state index contributed by atoms with van der Waals surface area (Å²) >= 11 is 7.08. The molecule has 8 heteroatoms. The number of thioether (sulfide) groups is 1. The van der Waals surface area contributed by atoms with Gasteiger partial charge in [0.1, 0.15) is 0 Å². The summed E-state index contributed by atoms with van der Waals surface area (Å²) in [6.45, 7) is 2.46. The first-order valence-electron chi connectivity index (χ1n) is 9.35. The number of aryl methyl sites for hydroxylation is 1. The van der Waals surface area contributed by atoms with Gasteiger partial charge in [0.15, 0.2) is 5.11 Å². The first kappa shape index (κ1) is 22.1. The number of hydrogen-bond donors (Lipinski definition) is 3. The van der Waals surface area contributed by atoms with E-state index in [9.17, 15) is 8.42 Å². The number of hydrogen-bond acceptors (Lipinski definition) is 4. The van der Waals surface area contributed by atoms with E-state index in [4.69, 9.17) is 12.2 Å². The molecule has 0 aliphatic heterocycles. The van der Waals surface area contributed by atoms with Crippen molar-refractivity contribution in [2.24, 2.45) is 0 Å². The third-order valence-corrected chi connectivity index (χ3v) is 6.94. The monoisotopic (exact) mass is 457 g/mol. The van der Waals surface area contributed by atoms with Crippen LogP contribution in [-0.4, -0.2) is 25.8 Å². The molecule has 3 aromatic rings. The predicted molar refractivity (Wildman–Crippen MR) is 130 cm³/mol. The van der Waals surface area contributed by atoms with Gasteiger partial charge in [-0.2, -0.15) is 0 Å². The third-order valence-electron chi connectivity index (χ3n) is 4.16. The van der Waals surface area contributed by atoms with Crippen LogP contribution in [-0.2, 0) is 10.0 Å². The van der Waals surface area contributed by atoms with Crippen LogP contribution >= 0.6 is 24.0 Å². The first-order valence-corrected chi connectivity index (χ1v) is 12.2. The van der Waals surface area contributed by atoms with Crippen molar-refractivity contribution in [2.45, 2.75) is 16.7 Å². The molecule has 0 spiro atoms. The fourth-order valence-corrected chi connectivity index (χ4v) is 5.05. The van der Waals surface area contributed by atoms with E-state index >= 15 is 0 Å². The van der Waals surface area contributed by atoms with Gasteiger partial charge in [-0.25, -0.2) is 8.42 Å². The molecule has 0 aromatic heterocycles. The highest BCUT2D eigenvalue weighted by atomic mass is 32.2. The topological polar surface area (TPSA) is 70.2 Å². The van der Waals surface area contributed by atoms with E-state index < -0.39 is 10.0 Å². The van der Waals surface area contributed by atoms with Crippen LogP contribution in [0.5, 0.6) is 0 Å². The van der Waals surface area contributed by atoms with E-state index in [1.54, 1.807) is 55.1 Å². The zero-order chi connectivity index (χ0) is 21.4. The Morgan fingerprint density at radius 2 is 1.60 bits per heavy atom. The van der Waals surface area contributed by atoms with Crippen molar-refractivity contribution in [1.29, 1.82) is 0 Å². The van der Waals surface area contributed by atoms with E-state index in [0.29, 0.717) is 28.6 Å². The maximum Gasteiger partial charge on any atom is 0.262 e. The van der Waals surface area contributed by atoms with Crippen LogP contribution in [0.2, 0.25) is 0 Å². The fourth-order valence-electron chi connectivity index (χ4n) is 2.71. The molecule has 0 unspecified atom stereocenters. The van der Waals surface area contributed by atoms with Gasteiger partial charge < -0.3 is 10.6 Å². The lowest BCUT2D eigenvalue weighted by Gasteiger charge is -2.14. The molecule has 0 saturated heterocycles. The maximum atomic E-state index is 12.8. The largest absolute Gasteiger partial charge is 0.362 e. The number of sulfonamides is 1. The van der Waals surface area contributed by atoms with Gasteiger partial charge in [0.05, 0.1) is 4.90 Å². The molecule has 156 valence electrons. The van der Waals surface area contributed by atoms with Crippen LogP contribution in [0.3, 0.4) is 0 Å². The Morgan fingerprint density at radius 1 is 0.933 bits per heavy atom. The Bertz CT molecular complexity index is 1090. The summed E-state index contributed by atoms with van der Waals surface area (Å²) in [4.78, 5) is 1.41. The Hall–Kier alpha value is -2.55. The number of para-hydroxylation sites is 1. The van der Waals surface area contributed by atoms with Gasteiger partial charge >= 0.3 is 0 Å². The highest BCUT2D eigenvalue weighted by Gasteiger charge is 2.17. The summed E-state index contributed by atoms with van der Waals surface area (Å²) in [6.07, 6.45) is 0. The van der Waals surface area contributed by atoms with Crippen LogP contribution in [0.25, 0.3) is 0 Å². The minimum absolute atomic E-state index is 0.207. The van der Waals surface area contributed by atoms with E-state index in [1.807, 2.05) is 30.3 Å². The lowest BCUT2D eigenvalue weighted by Crippen LogP contribution is -2.30. The van der Waals surface area contributed by atoms with Gasteiger partial charge in [0, 0.05) is 28.6 Å². The second kappa shape index (κ2) is 10.5. The summed E-state index contributed by atoms with van der Waals surface area (Å²) in [6, 6.07) is 24.1. The van der Waals surface area contributed by atoms with Crippen LogP contribution in [0, 0.1) is 6.92 Å². The minimum atomic E-state index is -3.71. The van der Waals surface area contributed by atoms with E-state index in [-0.39, 0.29) is 4.90 Å². The van der Waals surface area contributed by atoms with Gasteiger partial charge in [0.25, 0.3) is 10.0 Å². The van der Waals surface area contributed by atoms with Crippen LogP contribution < -0.4 is 15.4 Å². The molecule has 0 aliphatic rings. The Kier molecular flexibility index (Phi) is 7.73. The highest BCUT2D eigenvalue weighted by Crippen LogP contribution is 2.23. The van der Waals surface area contributed by atoms with Crippen LogP contribution in [0.15, 0.2) is 88.7 Å². The molecule has 5 nitrogen and oxygen atoms in total. The van der Waals surface area contributed by atoms with Gasteiger partial charge in [-0.05, 0) is 61.1 Å². The van der Waals surface area contributed by atoms with Crippen molar-refractivity contribution in [3.05, 3.63) is 84.4 Å². The van der Waals surface area contributed by atoms with Crippen LogP contribution in [0.4, 0.5) is 11.4 Å². The van der Waals surface area contributed by atoms with Gasteiger partial charge in [-0.1, -0.05) is 42.5 Å². The summed E-state index contributed by atoms with van der Waals surface area (Å²) in [5.74, 6) is 0.861. The van der Waals surface area contributed by atoms with Crippen molar-refractivity contribution in [1.82, 2.24) is 5.32 Å². The molecular formula is C22H23N3O2S3. The normalized spacial score (nSPS) is 11.0. The summed E-state index contributed by atoms with van der Waals surface area (Å²) in [5.41, 5.74) is 1.78. The van der Waals surface area contributed by atoms with Crippen molar-refractivity contribution >= 4 is 50.5 Å². The van der Waals surface area contributed by atoms with Gasteiger partial charge in [-0.3, -0.25) is 4.72 Å². The van der Waals surface area contributed by atoms with E-state index in [0.717, 1.165) is 5.75 Å². The van der Waals surface area contributed by atoms with Crippen LogP contribution in [0.1, 0.15) is 5.56 Å².